The van der Waals surface area contributed by atoms with E-state index in [4.69, 9.17) is 4.74 Å². The van der Waals surface area contributed by atoms with Crippen LogP contribution in [0.25, 0.3) is 0 Å². The summed E-state index contributed by atoms with van der Waals surface area (Å²) in [5.41, 5.74) is -0.450. The van der Waals surface area contributed by atoms with E-state index in [-0.39, 0.29) is 24.3 Å². The minimum absolute atomic E-state index is 0.162. The first-order chi connectivity index (χ1) is 10.3. The number of likely N-dealkylation sites (tertiary alicyclic amines) is 1. The summed E-state index contributed by atoms with van der Waals surface area (Å²) in [5, 5.41) is 13.4. The second-order valence-corrected chi connectivity index (χ2v) is 7.84. The van der Waals surface area contributed by atoms with E-state index >= 15 is 0 Å². The lowest BCUT2D eigenvalue weighted by Gasteiger charge is -2.32. The molecule has 5 heteroatoms. The number of aliphatic hydroxyl groups is 1. The Hall–Kier alpha value is -0.810. The fourth-order valence-corrected chi connectivity index (χ4v) is 3.59. The predicted octanol–water partition coefficient (Wildman–Crippen LogP) is 2.53. The van der Waals surface area contributed by atoms with Gasteiger partial charge in [0.05, 0.1) is 12.1 Å². The maximum absolute atomic E-state index is 12.3. The Morgan fingerprint density at radius 1 is 1.32 bits per heavy atom. The van der Waals surface area contributed by atoms with Gasteiger partial charge in [0.2, 0.25) is 0 Å². The van der Waals surface area contributed by atoms with Gasteiger partial charge in [-0.15, -0.1) is 0 Å². The van der Waals surface area contributed by atoms with Crippen molar-refractivity contribution in [3.05, 3.63) is 0 Å². The molecule has 1 amide bonds. The maximum Gasteiger partial charge on any atom is 0.410 e. The van der Waals surface area contributed by atoms with E-state index in [0.29, 0.717) is 5.92 Å². The maximum atomic E-state index is 12.3. The second kappa shape index (κ2) is 7.18. The first-order valence-electron chi connectivity index (χ1n) is 8.69. The van der Waals surface area contributed by atoms with Crippen molar-refractivity contribution >= 4 is 6.09 Å². The number of amides is 1. The van der Waals surface area contributed by atoms with Crippen LogP contribution in [0.4, 0.5) is 4.79 Å². The zero-order valence-electron chi connectivity index (χ0n) is 14.5. The van der Waals surface area contributed by atoms with Crippen molar-refractivity contribution in [1.82, 2.24) is 10.2 Å². The summed E-state index contributed by atoms with van der Waals surface area (Å²) in [6, 6.07) is 0.413. The number of ether oxygens (including phenoxy) is 1. The Labute approximate surface area is 134 Å². The van der Waals surface area contributed by atoms with E-state index < -0.39 is 5.60 Å². The van der Waals surface area contributed by atoms with Crippen molar-refractivity contribution in [1.29, 1.82) is 0 Å². The van der Waals surface area contributed by atoms with Gasteiger partial charge in [-0.1, -0.05) is 6.42 Å². The van der Waals surface area contributed by atoms with Gasteiger partial charge in [0, 0.05) is 19.1 Å². The lowest BCUT2D eigenvalue weighted by molar-refractivity contribution is 0.0197. The van der Waals surface area contributed by atoms with Crippen molar-refractivity contribution in [2.75, 3.05) is 13.1 Å². The molecule has 128 valence electrons. The molecule has 5 nitrogen and oxygen atoms in total. The Bertz CT molecular complexity index is 381. The third kappa shape index (κ3) is 4.59. The molecule has 1 aliphatic heterocycles. The topological polar surface area (TPSA) is 61.8 Å². The summed E-state index contributed by atoms with van der Waals surface area (Å²) in [6.45, 7) is 9.45. The Morgan fingerprint density at radius 3 is 2.64 bits per heavy atom. The molecule has 0 radical (unpaired) electrons. The summed E-state index contributed by atoms with van der Waals surface area (Å²) in [4.78, 5) is 14.2. The number of nitrogens with zero attached hydrogens (tertiary/aromatic N) is 1. The van der Waals surface area contributed by atoms with Gasteiger partial charge in [0.15, 0.2) is 0 Å². The molecule has 0 aromatic heterocycles. The molecule has 1 saturated heterocycles. The number of carbonyl (C=O) groups excluding carboxylic acids is 1. The van der Waals surface area contributed by atoms with Crippen molar-refractivity contribution in [3.8, 4) is 0 Å². The number of carbonyl (C=O) groups is 1. The van der Waals surface area contributed by atoms with E-state index in [1.807, 2.05) is 25.7 Å². The van der Waals surface area contributed by atoms with Crippen LogP contribution in [-0.4, -0.2) is 53.0 Å². The average Bonchev–Trinajstić information content (AvgIpc) is 3.02. The fraction of sp³-hybridized carbons (Fsp3) is 0.941. The van der Waals surface area contributed by atoms with Crippen LogP contribution in [0, 0.1) is 5.92 Å². The van der Waals surface area contributed by atoms with Crippen LogP contribution < -0.4 is 5.32 Å². The number of rotatable bonds is 4. The molecule has 4 unspecified atom stereocenters. The van der Waals surface area contributed by atoms with Crippen LogP contribution in [0.1, 0.15) is 59.8 Å². The minimum atomic E-state index is -0.450. The van der Waals surface area contributed by atoms with Crippen molar-refractivity contribution in [3.63, 3.8) is 0 Å². The van der Waals surface area contributed by atoms with E-state index in [2.05, 4.69) is 12.2 Å². The van der Waals surface area contributed by atoms with Crippen molar-refractivity contribution in [2.45, 2.75) is 83.6 Å². The largest absolute Gasteiger partial charge is 0.444 e. The summed E-state index contributed by atoms with van der Waals surface area (Å²) in [7, 11) is 0. The zero-order valence-corrected chi connectivity index (χ0v) is 14.5. The molecule has 22 heavy (non-hydrogen) atoms. The van der Waals surface area contributed by atoms with Crippen LogP contribution >= 0.6 is 0 Å². The minimum Gasteiger partial charge on any atom is -0.444 e. The lowest BCUT2D eigenvalue weighted by Crippen LogP contribution is -2.50. The summed E-state index contributed by atoms with van der Waals surface area (Å²) < 4.78 is 5.52. The van der Waals surface area contributed by atoms with Gasteiger partial charge < -0.3 is 20.1 Å². The van der Waals surface area contributed by atoms with Crippen LogP contribution in [-0.2, 0) is 4.74 Å². The Kier molecular flexibility index (Phi) is 5.72. The highest BCUT2D eigenvalue weighted by Gasteiger charge is 2.35. The van der Waals surface area contributed by atoms with E-state index in [1.54, 1.807) is 0 Å². The average molecular weight is 312 g/mol. The first kappa shape index (κ1) is 17.5. The highest BCUT2D eigenvalue weighted by atomic mass is 16.6. The third-order valence-electron chi connectivity index (χ3n) is 4.83. The van der Waals surface area contributed by atoms with Crippen LogP contribution in [0.3, 0.4) is 0 Å². The number of hydrogen-bond donors (Lipinski definition) is 2. The molecule has 1 saturated carbocycles. The zero-order chi connectivity index (χ0) is 16.3. The molecule has 2 N–H and O–H groups in total. The monoisotopic (exact) mass is 312 g/mol. The molecule has 0 aromatic carbocycles. The Morgan fingerprint density at radius 2 is 2.05 bits per heavy atom. The third-order valence-corrected chi connectivity index (χ3v) is 4.83. The standard InChI is InChI=1S/C17H32N2O3/c1-12(18-11-13-7-5-9-15(13)20)14-8-6-10-19(14)16(21)22-17(2,3)4/h12-15,18,20H,5-11H2,1-4H3. The van der Waals surface area contributed by atoms with Gasteiger partial charge in [0.1, 0.15) is 5.60 Å². The fourth-order valence-electron chi connectivity index (χ4n) is 3.59. The van der Waals surface area contributed by atoms with Gasteiger partial charge in [-0.2, -0.15) is 0 Å². The second-order valence-electron chi connectivity index (χ2n) is 7.84. The van der Waals surface area contributed by atoms with Crippen molar-refractivity contribution in [2.24, 2.45) is 5.92 Å². The van der Waals surface area contributed by atoms with Crippen molar-refractivity contribution < 1.29 is 14.6 Å². The molecular formula is C17H32N2O3. The number of hydrogen-bond acceptors (Lipinski definition) is 4. The van der Waals surface area contributed by atoms with Gasteiger partial charge in [-0.05, 0) is 59.3 Å². The molecule has 0 spiro atoms. The van der Waals surface area contributed by atoms with Gasteiger partial charge >= 0.3 is 6.09 Å². The number of nitrogens with one attached hydrogen (secondary N) is 1. The molecule has 0 aromatic rings. The molecule has 2 aliphatic rings. The highest BCUT2D eigenvalue weighted by Crippen LogP contribution is 2.26. The quantitative estimate of drug-likeness (QED) is 0.837. The molecular weight excluding hydrogens is 280 g/mol. The first-order valence-corrected chi connectivity index (χ1v) is 8.69. The van der Waals surface area contributed by atoms with Crippen LogP contribution in [0.2, 0.25) is 0 Å². The molecule has 2 rings (SSSR count). The Balaban J connectivity index is 1.85. The summed E-state index contributed by atoms with van der Waals surface area (Å²) in [6.07, 6.45) is 4.82. The van der Waals surface area contributed by atoms with Gasteiger partial charge in [-0.3, -0.25) is 0 Å². The number of aliphatic hydroxyl groups excluding tert-OH is 1. The van der Waals surface area contributed by atoms with E-state index in [1.165, 1.54) is 0 Å². The lowest BCUT2D eigenvalue weighted by atomic mass is 10.0. The summed E-state index contributed by atoms with van der Waals surface area (Å²) in [5.74, 6) is 0.360. The molecule has 0 bridgehead atoms. The van der Waals surface area contributed by atoms with Gasteiger partial charge in [0.25, 0.3) is 0 Å². The van der Waals surface area contributed by atoms with Gasteiger partial charge in [-0.25, -0.2) is 4.79 Å². The SMILES string of the molecule is CC(NCC1CCCC1O)C1CCCN1C(=O)OC(C)(C)C. The van der Waals surface area contributed by atoms with Crippen LogP contribution in [0.5, 0.6) is 0 Å². The molecule has 2 fully saturated rings. The highest BCUT2D eigenvalue weighted by molar-refractivity contribution is 5.69. The molecule has 1 aliphatic carbocycles. The predicted molar refractivity (Wildman–Crippen MR) is 86.8 cm³/mol. The van der Waals surface area contributed by atoms with E-state index in [9.17, 15) is 9.90 Å². The molecule has 4 atom stereocenters. The summed E-state index contributed by atoms with van der Waals surface area (Å²) >= 11 is 0. The van der Waals surface area contributed by atoms with Crippen LogP contribution in [0.15, 0.2) is 0 Å². The van der Waals surface area contributed by atoms with E-state index in [0.717, 1.165) is 45.2 Å². The normalized spacial score (nSPS) is 30.6. The smallest absolute Gasteiger partial charge is 0.410 e. The molecule has 1 heterocycles.